The van der Waals surface area contributed by atoms with E-state index in [0.717, 1.165) is 33.5 Å². The van der Waals surface area contributed by atoms with Crippen LogP contribution in [0.3, 0.4) is 0 Å². The van der Waals surface area contributed by atoms with E-state index in [9.17, 15) is 4.79 Å². The Kier molecular flexibility index (Phi) is 4.58. The third kappa shape index (κ3) is 3.18. The molecule has 0 radical (unpaired) electrons. The van der Waals surface area contributed by atoms with E-state index < -0.39 is 0 Å². The van der Waals surface area contributed by atoms with Crippen LogP contribution >= 0.6 is 27.7 Å². The number of ether oxygens (including phenoxy) is 1. The van der Waals surface area contributed by atoms with Gasteiger partial charge < -0.3 is 10.1 Å². The van der Waals surface area contributed by atoms with Crippen LogP contribution in [0.1, 0.15) is 38.3 Å². The van der Waals surface area contributed by atoms with Gasteiger partial charge in [-0.15, -0.1) is 5.10 Å². The topological polar surface area (TPSA) is 69.0 Å². The molecule has 4 rings (SSSR count). The van der Waals surface area contributed by atoms with Crippen LogP contribution in [0, 0.1) is 5.41 Å². The SMILES string of the molecule is COc1ccc(Br)cc1C1C2=C(CC(C)(C)CC2=O)Nc2nc(SC)nn21. The summed E-state index contributed by atoms with van der Waals surface area (Å²) in [4.78, 5) is 17.8. The summed E-state index contributed by atoms with van der Waals surface area (Å²) in [5.41, 5.74) is 2.51. The summed E-state index contributed by atoms with van der Waals surface area (Å²) in [7, 11) is 1.64. The van der Waals surface area contributed by atoms with Crippen LogP contribution in [0.5, 0.6) is 5.75 Å². The van der Waals surface area contributed by atoms with Gasteiger partial charge >= 0.3 is 0 Å². The molecule has 0 saturated heterocycles. The van der Waals surface area contributed by atoms with E-state index in [4.69, 9.17) is 4.74 Å². The van der Waals surface area contributed by atoms with Gasteiger partial charge in [0, 0.05) is 27.7 Å². The molecule has 0 saturated carbocycles. The van der Waals surface area contributed by atoms with Crippen LogP contribution in [-0.4, -0.2) is 33.9 Å². The van der Waals surface area contributed by atoms with E-state index in [1.54, 1.807) is 7.11 Å². The average molecular weight is 449 g/mol. The molecule has 1 aliphatic heterocycles. The van der Waals surface area contributed by atoms with Crippen molar-refractivity contribution in [2.75, 3.05) is 18.7 Å². The molecule has 1 atom stereocenters. The molecule has 2 aromatic rings. The maximum absolute atomic E-state index is 13.2. The number of rotatable bonds is 3. The van der Waals surface area contributed by atoms with Gasteiger partial charge in [0.05, 0.1) is 7.11 Å². The maximum Gasteiger partial charge on any atom is 0.227 e. The number of nitrogens with zero attached hydrogens (tertiary/aromatic N) is 3. The molecule has 2 aliphatic rings. The Morgan fingerprint density at radius 3 is 2.85 bits per heavy atom. The van der Waals surface area contributed by atoms with Crippen molar-refractivity contribution in [3.8, 4) is 5.75 Å². The molecular formula is C19H21BrN4O2S. The second-order valence-electron chi connectivity index (χ2n) is 7.61. The largest absolute Gasteiger partial charge is 0.496 e. The molecule has 2 heterocycles. The molecule has 8 heteroatoms. The molecule has 1 unspecified atom stereocenters. The van der Waals surface area contributed by atoms with Gasteiger partial charge in [-0.3, -0.25) is 4.79 Å². The van der Waals surface area contributed by atoms with Crippen LogP contribution in [0.4, 0.5) is 5.95 Å². The standard InChI is InChI=1S/C19H21BrN4O2S/c1-19(2)8-12-15(13(25)9-19)16(11-7-10(20)5-6-14(11)26-3)24-17(21-12)22-18(23-24)27-4/h5-7,16H,8-9H2,1-4H3,(H,21,22,23). The lowest BCUT2D eigenvalue weighted by molar-refractivity contribution is -0.118. The molecule has 0 amide bonds. The number of Topliss-reactive ketones (excluding diaryl/α,β-unsaturated/α-hetero) is 1. The minimum Gasteiger partial charge on any atom is -0.496 e. The van der Waals surface area contributed by atoms with Crippen LogP contribution in [0.15, 0.2) is 39.1 Å². The van der Waals surface area contributed by atoms with Crippen LogP contribution in [-0.2, 0) is 4.79 Å². The molecule has 142 valence electrons. The number of halogens is 1. The summed E-state index contributed by atoms with van der Waals surface area (Å²) in [6.07, 6.45) is 3.25. The Bertz CT molecular complexity index is 967. The van der Waals surface area contributed by atoms with Crippen molar-refractivity contribution in [2.24, 2.45) is 5.41 Å². The zero-order chi connectivity index (χ0) is 19.3. The maximum atomic E-state index is 13.2. The van der Waals surface area contributed by atoms with Crippen LogP contribution in [0.2, 0.25) is 0 Å². The summed E-state index contributed by atoms with van der Waals surface area (Å²) < 4.78 is 8.35. The van der Waals surface area contributed by atoms with Gasteiger partial charge in [0.25, 0.3) is 0 Å². The number of methoxy groups -OCH3 is 1. The molecule has 1 aromatic carbocycles. The number of hydrogen-bond donors (Lipinski definition) is 1. The molecule has 1 aliphatic carbocycles. The second-order valence-corrected chi connectivity index (χ2v) is 9.30. The Morgan fingerprint density at radius 2 is 2.15 bits per heavy atom. The monoisotopic (exact) mass is 448 g/mol. The fourth-order valence-corrected chi connectivity index (χ4v) is 4.61. The van der Waals surface area contributed by atoms with E-state index >= 15 is 0 Å². The number of anilines is 1. The van der Waals surface area contributed by atoms with Gasteiger partial charge in [-0.2, -0.15) is 4.98 Å². The highest BCUT2D eigenvalue weighted by Gasteiger charge is 2.42. The normalized spacial score (nSPS) is 20.8. The number of allylic oxidation sites excluding steroid dienone is 2. The zero-order valence-electron chi connectivity index (χ0n) is 15.7. The molecule has 27 heavy (non-hydrogen) atoms. The first-order chi connectivity index (χ1) is 12.8. The van der Waals surface area contributed by atoms with Crippen molar-refractivity contribution in [3.05, 3.63) is 39.5 Å². The first-order valence-electron chi connectivity index (χ1n) is 8.70. The number of thioether (sulfide) groups is 1. The Hall–Kier alpha value is -1.80. The Balaban J connectivity index is 1.96. The van der Waals surface area contributed by atoms with E-state index in [2.05, 4.69) is 45.2 Å². The van der Waals surface area contributed by atoms with Gasteiger partial charge in [-0.05, 0) is 36.3 Å². The van der Waals surface area contributed by atoms with E-state index in [0.29, 0.717) is 17.5 Å². The molecule has 1 aromatic heterocycles. The lowest BCUT2D eigenvalue weighted by Gasteiger charge is -2.38. The Labute approximate surface area is 170 Å². The van der Waals surface area contributed by atoms with Gasteiger partial charge in [-0.25, -0.2) is 4.68 Å². The number of aromatic nitrogens is 3. The first-order valence-corrected chi connectivity index (χ1v) is 10.7. The summed E-state index contributed by atoms with van der Waals surface area (Å²) in [5.74, 6) is 1.53. The van der Waals surface area contributed by atoms with Gasteiger partial charge in [0.15, 0.2) is 5.78 Å². The number of benzene rings is 1. The third-order valence-corrected chi connectivity index (χ3v) is 6.01. The second kappa shape index (κ2) is 6.67. The number of nitrogens with one attached hydrogen (secondary N) is 1. The number of ketones is 1. The fourth-order valence-electron chi connectivity index (χ4n) is 3.88. The zero-order valence-corrected chi connectivity index (χ0v) is 18.1. The number of carbonyl (C=O) groups is 1. The highest BCUT2D eigenvalue weighted by atomic mass is 79.9. The van der Waals surface area contributed by atoms with Gasteiger partial charge in [-0.1, -0.05) is 41.5 Å². The predicted molar refractivity (Wildman–Crippen MR) is 109 cm³/mol. The molecule has 0 bridgehead atoms. The lowest BCUT2D eigenvalue weighted by atomic mass is 9.73. The summed E-state index contributed by atoms with van der Waals surface area (Å²) >= 11 is 5.03. The van der Waals surface area contributed by atoms with Crippen molar-refractivity contribution in [1.82, 2.24) is 14.8 Å². The van der Waals surface area contributed by atoms with Crippen molar-refractivity contribution in [3.63, 3.8) is 0 Å². The summed E-state index contributed by atoms with van der Waals surface area (Å²) in [5, 5.41) is 8.69. The number of hydrogen-bond acceptors (Lipinski definition) is 6. The first kappa shape index (κ1) is 18.6. The minimum absolute atomic E-state index is 0.0840. The highest BCUT2D eigenvalue weighted by molar-refractivity contribution is 9.10. The fraction of sp³-hybridized carbons (Fsp3) is 0.421. The Morgan fingerprint density at radius 1 is 1.37 bits per heavy atom. The third-order valence-electron chi connectivity index (χ3n) is 4.98. The van der Waals surface area contributed by atoms with Crippen LogP contribution in [0.25, 0.3) is 0 Å². The number of fused-ring (bicyclic) bond motifs is 1. The van der Waals surface area contributed by atoms with E-state index in [1.807, 2.05) is 29.1 Å². The molecule has 6 nitrogen and oxygen atoms in total. The van der Waals surface area contributed by atoms with Crippen molar-refractivity contribution in [2.45, 2.75) is 37.9 Å². The van der Waals surface area contributed by atoms with E-state index in [-0.39, 0.29) is 17.2 Å². The highest BCUT2D eigenvalue weighted by Crippen LogP contribution is 2.47. The predicted octanol–water partition coefficient (Wildman–Crippen LogP) is 4.43. The quantitative estimate of drug-likeness (QED) is 0.700. The molecule has 1 N–H and O–H groups in total. The smallest absolute Gasteiger partial charge is 0.227 e. The molecule has 0 fully saturated rings. The van der Waals surface area contributed by atoms with Gasteiger partial charge in [0.2, 0.25) is 11.1 Å². The summed E-state index contributed by atoms with van der Waals surface area (Å²) in [6, 6.07) is 5.47. The molecular weight excluding hydrogens is 428 g/mol. The minimum atomic E-state index is -0.360. The van der Waals surface area contributed by atoms with Crippen molar-refractivity contribution < 1.29 is 9.53 Å². The van der Waals surface area contributed by atoms with Crippen molar-refractivity contribution in [1.29, 1.82) is 0 Å². The molecule has 0 spiro atoms. The van der Waals surface area contributed by atoms with Gasteiger partial charge in [0.1, 0.15) is 11.8 Å². The average Bonchev–Trinajstić information content (AvgIpc) is 3.01. The van der Waals surface area contributed by atoms with Crippen LogP contribution < -0.4 is 10.1 Å². The van der Waals surface area contributed by atoms with E-state index in [1.165, 1.54) is 11.8 Å². The lowest BCUT2D eigenvalue weighted by Crippen LogP contribution is -2.36. The number of carbonyl (C=O) groups excluding carboxylic acids is 1. The summed E-state index contributed by atoms with van der Waals surface area (Å²) in [6.45, 7) is 4.25. The van der Waals surface area contributed by atoms with Crippen molar-refractivity contribution >= 4 is 39.4 Å².